The molecule has 2 N–H and O–H groups in total. The van der Waals surface area contributed by atoms with E-state index in [1.54, 1.807) is 0 Å². The Kier molecular flexibility index (Phi) is 6.47. The van der Waals surface area contributed by atoms with Crippen molar-refractivity contribution in [2.45, 2.75) is 45.1 Å². The predicted molar refractivity (Wildman–Crippen MR) is 114 cm³/mol. The van der Waals surface area contributed by atoms with Crippen LogP contribution < -0.4 is 10.6 Å². The largest absolute Gasteiger partial charge is 0.376 e. The van der Waals surface area contributed by atoms with Crippen LogP contribution in [0.5, 0.6) is 0 Å². The van der Waals surface area contributed by atoms with E-state index < -0.39 is 0 Å². The van der Waals surface area contributed by atoms with Crippen LogP contribution in [0.3, 0.4) is 0 Å². The first kappa shape index (κ1) is 20.1. The molecule has 2 aromatic carbocycles. The summed E-state index contributed by atoms with van der Waals surface area (Å²) >= 11 is 0. The minimum atomic E-state index is -0.185. The Morgan fingerprint density at radius 2 is 1.82 bits per heavy atom. The first-order valence-electron chi connectivity index (χ1n) is 9.82. The summed E-state index contributed by atoms with van der Waals surface area (Å²) in [6.07, 6.45) is 2.19. The summed E-state index contributed by atoms with van der Waals surface area (Å²) in [6.45, 7) is 7.78. The zero-order valence-corrected chi connectivity index (χ0v) is 16.9. The fourth-order valence-corrected chi connectivity index (χ4v) is 3.05. The molecular formula is C23H29N3O2. The molecule has 1 aliphatic rings. The van der Waals surface area contributed by atoms with Gasteiger partial charge in [-0.25, -0.2) is 4.99 Å². The minimum absolute atomic E-state index is 0.0533. The SMILES string of the molecule is CC(C)(C)c1ccc(C(=O)NC(=NC[C@H]2CCCO2)Nc2ccccc2)cc1. The Bertz CT molecular complexity index is 802. The second-order valence-corrected chi connectivity index (χ2v) is 8.10. The molecule has 5 heteroatoms. The van der Waals surface area contributed by atoms with Gasteiger partial charge < -0.3 is 10.1 Å². The Balaban J connectivity index is 1.71. The zero-order chi connectivity index (χ0) is 20.0. The Morgan fingerprint density at radius 3 is 2.43 bits per heavy atom. The van der Waals surface area contributed by atoms with Crippen LogP contribution >= 0.6 is 0 Å². The van der Waals surface area contributed by atoms with Crippen LogP contribution in [0, 0.1) is 0 Å². The van der Waals surface area contributed by atoms with Crippen molar-refractivity contribution in [2.75, 3.05) is 18.5 Å². The van der Waals surface area contributed by atoms with Crippen molar-refractivity contribution in [3.63, 3.8) is 0 Å². The van der Waals surface area contributed by atoms with Crippen LogP contribution in [0.2, 0.25) is 0 Å². The van der Waals surface area contributed by atoms with Crippen LogP contribution in [-0.4, -0.2) is 31.1 Å². The summed E-state index contributed by atoms with van der Waals surface area (Å²) in [5.41, 5.74) is 2.72. The third-order valence-corrected chi connectivity index (χ3v) is 4.76. The number of benzene rings is 2. The van der Waals surface area contributed by atoms with Gasteiger partial charge in [-0.15, -0.1) is 0 Å². The molecule has 1 fully saturated rings. The maximum absolute atomic E-state index is 12.7. The van der Waals surface area contributed by atoms with Crippen LogP contribution in [0.1, 0.15) is 49.5 Å². The smallest absolute Gasteiger partial charge is 0.257 e. The quantitative estimate of drug-likeness (QED) is 0.613. The van der Waals surface area contributed by atoms with E-state index in [1.165, 1.54) is 5.56 Å². The van der Waals surface area contributed by atoms with E-state index in [-0.39, 0.29) is 17.4 Å². The molecule has 1 aliphatic heterocycles. The maximum Gasteiger partial charge on any atom is 0.257 e. The van der Waals surface area contributed by atoms with E-state index in [1.807, 2.05) is 54.6 Å². The molecule has 3 rings (SSSR count). The van der Waals surface area contributed by atoms with Gasteiger partial charge in [-0.2, -0.15) is 0 Å². The van der Waals surface area contributed by atoms with E-state index in [2.05, 4.69) is 36.4 Å². The van der Waals surface area contributed by atoms with Gasteiger partial charge in [0.1, 0.15) is 0 Å². The number of guanidine groups is 1. The lowest BCUT2D eigenvalue weighted by atomic mass is 9.87. The minimum Gasteiger partial charge on any atom is -0.376 e. The highest BCUT2D eigenvalue weighted by Crippen LogP contribution is 2.22. The highest BCUT2D eigenvalue weighted by molar-refractivity contribution is 6.09. The Labute approximate surface area is 167 Å². The summed E-state index contributed by atoms with van der Waals surface area (Å²) in [4.78, 5) is 17.3. The molecule has 1 amide bonds. The lowest BCUT2D eigenvalue weighted by molar-refractivity contribution is 0.0975. The average Bonchev–Trinajstić information content (AvgIpc) is 3.20. The summed E-state index contributed by atoms with van der Waals surface area (Å²) in [7, 11) is 0. The van der Waals surface area contributed by atoms with Gasteiger partial charge >= 0.3 is 0 Å². The third-order valence-electron chi connectivity index (χ3n) is 4.76. The van der Waals surface area contributed by atoms with Crippen molar-refractivity contribution in [2.24, 2.45) is 4.99 Å². The van der Waals surface area contributed by atoms with E-state index in [0.29, 0.717) is 18.1 Å². The average molecular weight is 380 g/mol. The fraction of sp³-hybridized carbons (Fsp3) is 0.391. The Hall–Kier alpha value is -2.66. The van der Waals surface area contributed by atoms with Crippen molar-refractivity contribution >= 4 is 17.6 Å². The standard InChI is InChI=1S/C23H29N3O2/c1-23(2,3)18-13-11-17(12-14-18)21(27)26-22(24-16-20-10-7-15-28-20)25-19-8-5-4-6-9-19/h4-6,8-9,11-14,20H,7,10,15-16H2,1-3H3,(H2,24,25,26,27)/t20-/m1/s1. The first-order valence-corrected chi connectivity index (χ1v) is 9.82. The molecule has 0 unspecified atom stereocenters. The highest BCUT2D eigenvalue weighted by atomic mass is 16.5. The lowest BCUT2D eigenvalue weighted by Gasteiger charge is -2.19. The van der Waals surface area contributed by atoms with E-state index >= 15 is 0 Å². The van der Waals surface area contributed by atoms with Gasteiger partial charge in [-0.05, 0) is 48.1 Å². The number of amides is 1. The fourth-order valence-electron chi connectivity index (χ4n) is 3.05. The van der Waals surface area contributed by atoms with Crippen LogP contribution in [0.4, 0.5) is 5.69 Å². The predicted octanol–water partition coefficient (Wildman–Crippen LogP) is 4.36. The molecule has 1 atom stereocenters. The molecule has 1 heterocycles. The molecule has 1 saturated heterocycles. The van der Waals surface area contributed by atoms with Crippen molar-refractivity contribution in [1.29, 1.82) is 0 Å². The van der Waals surface area contributed by atoms with E-state index in [0.717, 1.165) is 25.1 Å². The number of rotatable bonds is 4. The molecule has 28 heavy (non-hydrogen) atoms. The van der Waals surface area contributed by atoms with Gasteiger partial charge in [0.05, 0.1) is 12.6 Å². The number of nitrogens with zero attached hydrogens (tertiary/aromatic N) is 1. The second-order valence-electron chi connectivity index (χ2n) is 8.10. The molecule has 5 nitrogen and oxygen atoms in total. The van der Waals surface area contributed by atoms with Gasteiger partial charge in [0, 0.05) is 17.9 Å². The number of para-hydroxylation sites is 1. The van der Waals surface area contributed by atoms with Crippen molar-refractivity contribution in [1.82, 2.24) is 5.32 Å². The zero-order valence-electron chi connectivity index (χ0n) is 16.9. The third kappa shape index (κ3) is 5.67. The van der Waals surface area contributed by atoms with Crippen molar-refractivity contribution in [3.05, 3.63) is 65.7 Å². The molecule has 0 aromatic heterocycles. The van der Waals surface area contributed by atoms with E-state index in [4.69, 9.17) is 4.74 Å². The lowest BCUT2D eigenvalue weighted by Crippen LogP contribution is -2.36. The number of hydrogen-bond acceptors (Lipinski definition) is 3. The van der Waals surface area contributed by atoms with Gasteiger partial charge in [0.25, 0.3) is 5.91 Å². The van der Waals surface area contributed by atoms with Crippen LogP contribution in [0.25, 0.3) is 0 Å². The normalized spacial score (nSPS) is 17.4. The number of aliphatic imine (C=N–C) groups is 1. The maximum atomic E-state index is 12.7. The molecular weight excluding hydrogens is 350 g/mol. The summed E-state index contributed by atoms with van der Waals surface area (Å²) in [6, 6.07) is 17.4. The molecule has 0 radical (unpaired) electrons. The molecule has 148 valence electrons. The number of hydrogen-bond donors (Lipinski definition) is 2. The number of carbonyl (C=O) groups is 1. The highest BCUT2D eigenvalue weighted by Gasteiger charge is 2.17. The summed E-state index contributed by atoms with van der Waals surface area (Å²) < 4.78 is 5.64. The number of anilines is 1. The summed E-state index contributed by atoms with van der Waals surface area (Å²) in [5.74, 6) is 0.251. The van der Waals surface area contributed by atoms with Crippen LogP contribution in [-0.2, 0) is 10.2 Å². The molecule has 2 aromatic rings. The summed E-state index contributed by atoms with van der Waals surface area (Å²) in [5, 5.41) is 6.11. The van der Waals surface area contributed by atoms with Crippen molar-refractivity contribution in [3.8, 4) is 0 Å². The first-order chi connectivity index (χ1) is 13.4. The molecule has 0 spiro atoms. The van der Waals surface area contributed by atoms with E-state index in [9.17, 15) is 4.79 Å². The monoisotopic (exact) mass is 379 g/mol. The topological polar surface area (TPSA) is 62.7 Å². The van der Waals surface area contributed by atoms with Crippen molar-refractivity contribution < 1.29 is 9.53 Å². The van der Waals surface area contributed by atoms with Crippen LogP contribution in [0.15, 0.2) is 59.6 Å². The Morgan fingerprint density at radius 1 is 1.11 bits per heavy atom. The molecule has 0 bridgehead atoms. The van der Waals surface area contributed by atoms with Gasteiger partial charge in [0.2, 0.25) is 5.96 Å². The number of nitrogens with one attached hydrogen (secondary N) is 2. The second kappa shape index (κ2) is 9.02. The molecule has 0 saturated carbocycles. The van der Waals surface area contributed by atoms with Gasteiger partial charge in [-0.1, -0.05) is 51.1 Å². The van der Waals surface area contributed by atoms with Gasteiger partial charge in [-0.3, -0.25) is 10.1 Å². The molecule has 0 aliphatic carbocycles. The number of carbonyl (C=O) groups excluding carboxylic acids is 1. The number of ether oxygens (including phenoxy) is 1. The van der Waals surface area contributed by atoms with Gasteiger partial charge in [0.15, 0.2) is 0 Å².